The molecule has 0 aromatic carbocycles. The van der Waals surface area contributed by atoms with Crippen LogP contribution in [0.15, 0.2) is 0 Å². The van der Waals surface area contributed by atoms with E-state index in [2.05, 4.69) is 19.2 Å². The van der Waals surface area contributed by atoms with Gasteiger partial charge in [-0.3, -0.25) is 9.59 Å². The van der Waals surface area contributed by atoms with E-state index in [-0.39, 0.29) is 18.5 Å². The largest absolute Gasteiger partial charge is 0.466 e. The number of unbranched alkanes of at least 4 members (excludes halogenated alkanes) is 51. The van der Waals surface area contributed by atoms with Crippen LogP contribution in [0.2, 0.25) is 0 Å². The average molecular weight is 1000 g/mol. The van der Waals surface area contributed by atoms with E-state index in [1.807, 2.05) is 0 Å². The zero-order valence-electron chi connectivity index (χ0n) is 48.5. The van der Waals surface area contributed by atoms with Crippen molar-refractivity contribution in [1.29, 1.82) is 0 Å². The molecule has 6 heteroatoms. The van der Waals surface area contributed by atoms with E-state index in [0.29, 0.717) is 25.9 Å². The number of nitrogens with one attached hydrogen (secondary N) is 1. The standard InChI is InChI=1S/C65H129NO5/c1-3-5-7-9-11-13-15-17-19-20-23-26-30-33-37-41-45-49-53-57-63(68)62(61-67)66-64(69)58-54-50-46-42-38-34-31-27-24-21-22-25-28-32-36-40-44-48-52-56-60-71-65(70)59-55-51-47-43-39-35-29-18-16-14-12-10-8-6-4-2/h62-63,67-68H,3-61H2,1-2H3,(H,66,69). The number of carbonyl (C=O) groups excluding carboxylic acids is 2. The van der Waals surface area contributed by atoms with E-state index in [4.69, 9.17) is 4.74 Å². The fourth-order valence-corrected chi connectivity index (χ4v) is 10.6. The fourth-order valence-electron chi connectivity index (χ4n) is 10.6. The molecule has 0 aliphatic carbocycles. The second kappa shape index (κ2) is 61.4. The molecule has 0 bridgehead atoms. The summed E-state index contributed by atoms with van der Waals surface area (Å²) in [5.74, 6) is -0.0173. The van der Waals surface area contributed by atoms with Gasteiger partial charge in [0.15, 0.2) is 0 Å². The van der Waals surface area contributed by atoms with Crippen LogP contribution in [0.25, 0.3) is 0 Å². The van der Waals surface area contributed by atoms with Gasteiger partial charge in [0.1, 0.15) is 0 Å². The van der Waals surface area contributed by atoms with Gasteiger partial charge in [-0.25, -0.2) is 0 Å². The monoisotopic (exact) mass is 1000 g/mol. The molecule has 1 amide bonds. The van der Waals surface area contributed by atoms with Crippen molar-refractivity contribution in [2.24, 2.45) is 0 Å². The van der Waals surface area contributed by atoms with E-state index >= 15 is 0 Å². The molecule has 71 heavy (non-hydrogen) atoms. The van der Waals surface area contributed by atoms with E-state index < -0.39 is 12.1 Å². The van der Waals surface area contributed by atoms with Gasteiger partial charge < -0.3 is 20.3 Å². The van der Waals surface area contributed by atoms with Crippen molar-refractivity contribution in [3.05, 3.63) is 0 Å². The second-order valence-electron chi connectivity index (χ2n) is 22.8. The number of rotatable bonds is 62. The SMILES string of the molecule is CCCCCCCCCCCCCCCCCCCCCC(O)C(CO)NC(=O)CCCCCCCCCCCCCCCCCCCCCCOC(=O)CCCCCCCCCCCCCCCCC. The lowest BCUT2D eigenvalue weighted by Gasteiger charge is -2.22. The number of carbonyl (C=O) groups is 2. The maximum Gasteiger partial charge on any atom is 0.305 e. The van der Waals surface area contributed by atoms with Crippen LogP contribution in [0.3, 0.4) is 0 Å². The third-order valence-electron chi connectivity index (χ3n) is 15.7. The molecule has 2 unspecified atom stereocenters. The smallest absolute Gasteiger partial charge is 0.305 e. The summed E-state index contributed by atoms with van der Waals surface area (Å²) in [7, 11) is 0. The van der Waals surface area contributed by atoms with Gasteiger partial charge in [-0.15, -0.1) is 0 Å². The minimum Gasteiger partial charge on any atom is -0.466 e. The summed E-state index contributed by atoms with van der Waals surface area (Å²) < 4.78 is 5.49. The molecule has 0 aliphatic heterocycles. The first-order chi connectivity index (χ1) is 35.0. The Bertz CT molecular complexity index is 1020. The highest BCUT2D eigenvalue weighted by Crippen LogP contribution is 2.19. The first-order valence-electron chi connectivity index (χ1n) is 32.8. The van der Waals surface area contributed by atoms with Crippen LogP contribution < -0.4 is 5.32 Å². The summed E-state index contributed by atoms with van der Waals surface area (Å²) in [6.07, 6.45) is 72.6. The van der Waals surface area contributed by atoms with Gasteiger partial charge in [-0.1, -0.05) is 341 Å². The molecule has 0 aliphatic rings. The number of aliphatic hydroxyl groups excluding tert-OH is 2. The predicted octanol–water partition coefficient (Wildman–Crippen LogP) is 20.6. The third kappa shape index (κ3) is 58.0. The number of amides is 1. The quantitative estimate of drug-likeness (QED) is 0.0417. The Balaban J connectivity index is 3.37. The highest BCUT2D eigenvalue weighted by molar-refractivity contribution is 5.76. The van der Waals surface area contributed by atoms with Gasteiger partial charge in [0, 0.05) is 12.8 Å². The van der Waals surface area contributed by atoms with Crippen LogP contribution in [-0.2, 0) is 14.3 Å². The summed E-state index contributed by atoms with van der Waals surface area (Å²) >= 11 is 0. The first-order valence-corrected chi connectivity index (χ1v) is 32.8. The summed E-state index contributed by atoms with van der Waals surface area (Å²) in [6, 6.07) is -0.542. The lowest BCUT2D eigenvalue weighted by molar-refractivity contribution is -0.143. The Morgan fingerprint density at radius 2 is 0.577 bits per heavy atom. The highest BCUT2D eigenvalue weighted by atomic mass is 16.5. The minimum absolute atomic E-state index is 0.0149. The summed E-state index contributed by atoms with van der Waals surface area (Å²) in [6.45, 7) is 4.99. The molecule has 2 atom stereocenters. The molecule has 0 saturated heterocycles. The van der Waals surface area contributed by atoms with Crippen LogP contribution in [0, 0.1) is 0 Å². The summed E-state index contributed by atoms with van der Waals surface area (Å²) in [5, 5.41) is 23.4. The average Bonchev–Trinajstić information content (AvgIpc) is 3.37. The van der Waals surface area contributed by atoms with Gasteiger partial charge >= 0.3 is 5.97 Å². The molecule has 0 aromatic heterocycles. The van der Waals surface area contributed by atoms with Gasteiger partial charge in [-0.05, 0) is 25.7 Å². The lowest BCUT2D eigenvalue weighted by Crippen LogP contribution is -2.45. The van der Waals surface area contributed by atoms with Gasteiger partial charge in [-0.2, -0.15) is 0 Å². The molecule has 6 nitrogen and oxygen atoms in total. The first kappa shape index (κ1) is 69.9. The van der Waals surface area contributed by atoms with E-state index in [1.54, 1.807) is 0 Å². The van der Waals surface area contributed by atoms with Gasteiger partial charge in [0.2, 0.25) is 5.91 Å². The van der Waals surface area contributed by atoms with Crippen LogP contribution >= 0.6 is 0 Å². The van der Waals surface area contributed by atoms with E-state index in [9.17, 15) is 19.8 Å². The number of esters is 1. The number of aliphatic hydroxyl groups is 2. The molecule has 0 radical (unpaired) electrons. The van der Waals surface area contributed by atoms with Crippen molar-refractivity contribution in [1.82, 2.24) is 5.32 Å². The Morgan fingerprint density at radius 1 is 0.338 bits per heavy atom. The van der Waals surface area contributed by atoms with Crippen LogP contribution in [0.1, 0.15) is 380 Å². The fraction of sp³-hybridized carbons (Fsp3) is 0.969. The molecule has 0 saturated carbocycles. The Kier molecular flexibility index (Phi) is 60.4. The van der Waals surface area contributed by atoms with Crippen molar-refractivity contribution in [2.45, 2.75) is 392 Å². The van der Waals surface area contributed by atoms with Crippen LogP contribution in [0.4, 0.5) is 0 Å². The maximum atomic E-state index is 12.5. The Labute approximate surface area is 445 Å². The number of ether oxygens (including phenoxy) is 1. The molecular formula is C65H129NO5. The molecule has 0 fully saturated rings. The zero-order valence-corrected chi connectivity index (χ0v) is 48.5. The molecule has 0 aromatic rings. The maximum absolute atomic E-state index is 12.5. The van der Waals surface area contributed by atoms with Gasteiger partial charge in [0.25, 0.3) is 0 Å². The molecule has 0 heterocycles. The third-order valence-corrected chi connectivity index (χ3v) is 15.7. The highest BCUT2D eigenvalue weighted by Gasteiger charge is 2.20. The lowest BCUT2D eigenvalue weighted by atomic mass is 10.0. The molecule has 3 N–H and O–H groups in total. The predicted molar refractivity (Wildman–Crippen MR) is 310 cm³/mol. The van der Waals surface area contributed by atoms with Crippen molar-refractivity contribution in [3.63, 3.8) is 0 Å². The van der Waals surface area contributed by atoms with E-state index in [1.165, 1.54) is 308 Å². The summed E-state index contributed by atoms with van der Waals surface area (Å²) in [4.78, 5) is 24.6. The Morgan fingerprint density at radius 3 is 0.859 bits per heavy atom. The summed E-state index contributed by atoms with van der Waals surface area (Å²) in [5.41, 5.74) is 0. The minimum atomic E-state index is -0.665. The molecule has 424 valence electrons. The van der Waals surface area contributed by atoms with Crippen LogP contribution in [-0.4, -0.2) is 47.4 Å². The van der Waals surface area contributed by atoms with Crippen molar-refractivity contribution in [3.8, 4) is 0 Å². The zero-order chi connectivity index (χ0) is 51.4. The van der Waals surface area contributed by atoms with Crippen molar-refractivity contribution < 1.29 is 24.5 Å². The topological polar surface area (TPSA) is 95.9 Å². The second-order valence-corrected chi connectivity index (χ2v) is 22.8. The Hall–Kier alpha value is -1.14. The van der Waals surface area contributed by atoms with E-state index in [0.717, 1.165) is 38.5 Å². The molecular weight excluding hydrogens is 875 g/mol. The number of hydrogen-bond acceptors (Lipinski definition) is 5. The number of hydrogen-bond donors (Lipinski definition) is 3. The van der Waals surface area contributed by atoms with Crippen molar-refractivity contribution >= 4 is 11.9 Å². The van der Waals surface area contributed by atoms with Crippen molar-refractivity contribution in [2.75, 3.05) is 13.2 Å². The van der Waals surface area contributed by atoms with Gasteiger partial charge in [0.05, 0.1) is 25.4 Å². The normalized spacial score (nSPS) is 12.5. The van der Waals surface area contributed by atoms with Crippen LogP contribution in [0.5, 0.6) is 0 Å². The molecule has 0 spiro atoms. The molecule has 0 rings (SSSR count).